The zero-order valence-electron chi connectivity index (χ0n) is 14.6. The van der Waals surface area contributed by atoms with Crippen LogP contribution < -0.4 is 14.8 Å². The van der Waals surface area contributed by atoms with Gasteiger partial charge in [0.15, 0.2) is 0 Å². The Hall–Kier alpha value is -2.74. The van der Waals surface area contributed by atoms with Crippen molar-refractivity contribution in [3.05, 3.63) is 53.9 Å². The number of rotatable bonds is 7. The van der Waals surface area contributed by atoms with Gasteiger partial charge in [-0.05, 0) is 48.6 Å². The number of hydrogen-bond acceptors (Lipinski definition) is 5. The SMILES string of the molecule is COc1cncc(C(NC(=O)c2cccc(OC(F)F)c2)C2CC(O)C2)c1. The molecule has 1 saturated carbocycles. The summed E-state index contributed by atoms with van der Waals surface area (Å²) in [7, 11) is 1.52. The molecule has 0 aliphatic heterocycles. The second-order valence-corrected chi connectivity index (χ2v) is 6.40. The van der Waals surface area contributed by atoms with Crippen LogP contribution in [0.5, 0.6) is 11.5 Å². The number of nitrogens with one attached hydrogen (secondary N) is 1. The average Bonchev–Trinajstić information content (AvgIpc) is 2.63. The van der Waals surface area contributed by atoms with Crippen LogP contribution >= 0.6 is 0 Å². The standard InChI is InChI=1S/C19H20F2N2O4/c1-26-16-8-13(9-22-10-16)17(12-5-14(24)6-12)23-18(25)11-3-2-4-15(7-11)27-19(20)21/h2-4,7-10,12,14,17,19,24H,5-6H2,1H3,(H,23,25). The third-order valence-electron chi connectivity index (χ3n) is 4.56. The summed E-state index contributed by atoms with van der Waals surface area (Å²) in [6.07, 6.45) is 3.90. The molecule has 3 rings (SSSR count). The van der Waals surface area contributed by atoms with Gasteiger partial charge in [-0.25, -0.2) is 0 Å². The van der Waals surface area contributed by atoms with Crippen molar-refractivity contribution in [2.45, 2.75) is 31.6 Å². The van der Waals surface area contributed by atoms with Crippen LogP contribution in [0.25, 0.3) is 0 Å². The van der Waals surface area contributed by atoms with Crippen molar-refractivity contribution in [1.82, 2.24) is 10.3 Å². The van der Waals surface area contributed by atoms with Gasteiger partial charge in [0, 0.05) is 11.8 Å². The molecule has 0 bridgehead atoms. The molecule has 1 aliphatic rings. The summed E-state index contributed by atoms with van der Waals surface area (Å²) in [5.74, 6) is 0.0811. The largest absolute Gasteiger partial charge is 0.495 e. The maximum atomic E-state index is 12.7. The smallest absolute Gasteiger partial charge is 0.387 e. The lowest BCUT2D eigenvalue weighted by Crippen LogP contribution is -2.41. The molecular weight excluding hydrogens is 358 g/mol. The van der Waals surface area contributed by atoms with E-state index in [2.05, 4.69) is 15.0 Å². The molecule has 144 valence electrons. The number of carbonyl (C=O) groups excluding carboxylic acids is 1. The van der Waals surface area contributed by atoms with Crippen molar-refractivity contribution in [2.75, 3.05) is 7.11 Å². The Morgan fingerprint density at radius 3 is 2.70 bits per heavy atom. The van der Waals surface area contributed by atoms with Crippen molar-refractivity contribution < 1.29 is 28.2 Å². The lowest BCUT2D eigenvalue weighted by molar-refractivity contribution is -0.0498. The van der Waals surface area contributed by atoms with Gasteiger partial charge < -0.3 is 19.9 Å². The Labute approximate surface area is 155 Å². The van der Waals surface area contributed by atoms with Crippen LogP contribution in [0, 0.1) is 5.92 Å². The molecule has 2 N–H and O–H groups in total. The highest BCUT2D eigenvalue weighted by molar-refractivity contribution is 5.94. The Balaban J connectivity index is 1.80. The van der Waals surface area contributed by atoms with Gasteiger partial charge in [0.1, 0.15) is 11.5 Å². The van der Waals surface area contributed by atoms with E-state index in [4.69, 9.17) is 4.74 Å². The molecule has 0 radical (unpaired) electrons. The number of aliphatic hydroxyl groups is 1. The number of halogens is 2. The van der Waals surface area contributed by atoms with Crippen LogP contribution in [0.15, 0.2) is 42.7 Å². The Kier molecular flexibility index (Phi) is 5.85. The molecule has 8 heteroatoms. The maximum Gasteiger partial charge on any atom is 0.387 e. The summed E-state index contributed by atoms with van der Waals surface area (Å²) < 4.78 is 34.3. The van der Waals surface area contributed by atoms with Gasteiger partial charge in [-0.2, -0.15) is 8.78 Å². The highest BCUT2D eigenvalue weighted by Crippen LogP contribution is 2.38. The van der Waals surface area contributed by atoms with Gasteiger partial charge >= 0.3 is 6.61 Å². The number of pyridine rings is 1. The first-order valence-corrected chi connectivity index (χ1v) is 8.49. The van der Waals surface area contributed by atoms with Crippen LogP contribution in [0.2, 0.25) is 0 Å². The first-order chi connectivity index (χ1) is 13.0. The highest BCUT2D eigenvalue weighted by atomic mass is 19.3. The van der Waals surface area contributed by atoms with Crippen molar-refractivity contribution in [3.8, 4) is 11.5 Å². The van der Waals surface area contributed by atoms with Crippen LogP contribution in [-0.4, -0.2) is 35.8 Å². The average molecular weight is 378 g/mol. The molecule has 0 saturated heterocycles. The van der Waals surface area contributed by atoms with Gasteiger partial charge in [-0.1, -0.05) is 6.07 Å². The normalized spacial score (nSPS) is 19.9. The molecule has 2 aromatic rings. The number of benzene rings is 1. The van der Waals surface area contributed by atoms with Gasteiger partial charge in [-0.3, -0.25) is 9.78 Å². The molecule has 1 fully saturated rings. The summed E-state index contributed by atoms with van der Waals surface area (Å²) >= 11 is 0. The fourth-order valence-electron chi connectivity index (χ4n) is 3.13. The number of aliphatic hydroxyl groups excluding tert-OH is 1. The Bertz CT molecular complexity index is 797. The summed E-state index contributed by atoms with van der Waals surface area (Å²) in [6, 6.07) is 7.00. The Morgan fingerprint density at radius 2 is 2.04 bits per heavy atom. The zero-order chi connectivity index (χ0) is 19.4. The number of aromatic nitrogens is 1. The molecule has 1 atom stereocenters. The van der Waals surface area contributed by atoms with Crippen LogP contribution in [-0.2, 0) is 0 Å². The van der Waals surface area contributed by atoms with Crippen molar-refractivity contribution in [3.63, 3.8) is 0 Å². The molecule has 1 aliphatic carbocycles. The van der Waals surface area contributed by atoms with Crippen LogP contribution in [0.1, 0.15) is 34.8 Å². The fourth-order valence-corrected chi connectivity index (χ4v) is 3.13. The minimum atomic E-state index is -2.96. The minimum absolute atomic E-state index is 0.0401. The number of carbonyl (C=O) groups is 1. The summed E-state index contributed by atoms with van der Waals surface area (Å²) in [6.45, 7) is -2.96. The molecule has 27 heavy (non-hydrogen) atoms. The van der Waals surface area contributed by atoms with Crippen LogP contribution in [0.3, 0.4) is 0 Å². The number of hydrogen-bond donors (Lipinski definition) is 2. The Morgan fingerprint density at radius 1 is 1.26 bits per heavy atom. The number of methoxy groups -OCH3 is 1. The topological polar surface area (TPSA) is 80.7 Å². The van der Waals surface area contributed by atoms with E-state index in [1.54, 1.807) is 18.5 Å². The second-order valence-electron chi connectivity index (χ2n) is 6.40. The number of ether oxygens (including phenoxy) is 2. The minimum Gasteiger partial charge on any atom is -0.495 e. The first-order valence-electron chi connectivity index (χ1n) is 8.49. The summed E-state index contributed by atoms with van der Waals surface area (Å²) in [5.41, 5.74) is 0.952. The second kappa shape index (κ2) is 8.30. The third-order valence-corrected chi connectivity index (χ3v) is 4.56. The van der Waals surface area contributed by atoms with Gasteiger partial charge in [0.25, 0.3) is 5.91 Å². The molecule has 1 amide bonds. The molecule has 1 aromatic carbocycles. The maximum absolute atomic E-state index is 12.7. The predicted molar refractivity (Wildman–Crippen MR) is 92.8 cm³/mol. The molecule has 1 aromatic heterocycles. The lowest BCUT2D eigenvalue weighted by atomic mass is 9.75. The van der Waals surface area contributed by atoms with E-state index >= 15 is 0 Å². The molecule has 1 heterocycles. The number of amides is 1. The van der Waals surface area contributed by atoms with Crippen molar-refractivity contribution in [2.24, 2.45) is 5.92 Å². The van der Waals surface area contributed by atoms with E-state index in [0.29, 0.717) is 18.6 Å². The van der Waals surface area contributed by atoms with Crippen molar-refractivity contribution >= 4 is 5.91 Å². The van der Waals surface area contributed by atoms with E-state index in [-0.39, 0.29) is 23.3 Å². The fraction of sp³-hybridized carbons (Fsp3) is 0.368. The zero-order valence-corrected chi connectivity index (χ0v) is 14.6. The van der Waals surface area contributed by atoms with E-state index in [9.17, 15) is 18.7 Å². The van der Waals surface area contributed by atoms with E-state index in [1.165, 1.54) is 31.4 Å². The number of nitrogens with zero attached hydrogens (tertiary/aromatic N) is 1. The van der Waals surface area contributed by atoms with Gasteiger partial charge in [0.2, 0.25) is 0 Å². The number of alkyl halides is 2. The van der Waals surface area contributed by atoms with Gasteiger partial charge in [0.05, 0.1) is 25.5 Å². The quantitative estimate of drug-likeness (QED) is 0.774. The molecule has 0 spiro atoms. The molecule has 6 nitrogen and oxygen atoms in total. The van der Waals surface area contributed by atoms with Crippen LogP contribution in [0.4, 0.5) is 8.78 Å². The lowest BCUT2D eigenvalue weighted by Gasteiger charge is -2.38. The molecular formula is C19H20F2N2O4. The predicted octanol–water partition coefficient (Wildman–Crippen LogP) is 2.93. The monoisotopic (exact) mass is 378 g/mol. The van der Waals surface area contributed by atoms with Gasteiger partial charge in [-0.15, -0.1) is 0 Å². The van der Waals surface area contributed by atoms with E-state index in [1.807, 2.05) is 0 Å². The summed E-state index contributed by atoms with van der Waals surface area (Å²) in [5, 5.41) is 12.6. The van der Waals surface area contributed by atoms with Crippen molar-refractivity contribution in [1.29, 1.82) is 0 Å². The highest BCUT2D eigenvalue weighted by Gasteiger charge is 2.36. The summed E-state index contributed by atoms with van der Waals surface area (Å²) in [4.78, 5) is 16.8. The van der Waals surface area contributed by atoms with E-state index in [0.717, 1.165) is 5.56 Å². The third kappa shape index (κ3) is 4.71. The molecule has 1 unspecified atom stereocenters. The van der Waals surface area contributed by atoms with E-state index < -0.39 is 18.6 Å². The first kappa shape index (κ1) is 19.0.